The Morgan fingerprint density at radius 3 is 1.79 bits per heavy atom. The summed E-state index contributed by atoms with van der Waals surface area (Å²) in [6.45, 7) is 2.54. The lowest BCUT2D eigenvalue weighted by atomic mass is 10.2. The number of hydrogen-bond donors (Lipinski definition) is 3. The van der Waals surface area contributed by atoms with E-state index in [2.05, 4.69) is 10.3 Å². The molecular weight excluding hydrogens is 366 g/mol. The van der Waals surface area contributed by atoms with Crippen molar-refractivity contribution in [3.8, 4) is 0 Å². The zero-order chi connectivity index (χ0) is 20.5. The summed E-state index contributed by atoms with van der Waals surface area (Å²) in [4.78, 5) is 44.3. The number of fused-ring (bicyclic) bond motifs is 2. The van der Waals surface area contributed by atoms with Crippen molar-refractivity contribution >= 4 is 17.8 Å². The summed E-state index contributed by atoms with van der Waals surface area (Å²) in [6.07, 6.45) is 0. The number of nitrogens with one attached hydrogen (secondary N) is 1. The van der Waals surface area contributed by atoms with Crippen molar-refractivity contribution in [3.05, 3.63) is 29.6 Å². The SMILES string of the molecule is CNC(=O)CN1CCN(CC(=O)O)Cc2cccc(n2)CN(CC(=O)O)CC1. The van der Waals surface area contributed by atoms with Gasteiger partial charge in [0, 0.05) is 46.3 Å². The van der Waals surface area contributed by atoms with Crippen molar-refractivity contribution in [2.24, 2.45) is 0 Å². The van der Waals surface area contributed by atoms with Gasteiger partial charge in [0.05, 0.1) is 31.0 Å². The average molecular weight is 393 g/mol. The lowest BCUT2D eigenvalue weighted by Gasteiger charge is -2.29. The second-order valence-electron chi connectivity index (χ2n) is 6.78. The molecule has 10 nitrogen and oxygen atoms in total. The maximum atomic E-state index is 11.8. The number of rotatable bonds is 6. The van der Waals surface area contributed by atoms with Crippen molar-refractivity contribution in [2.75, 3.05) is 52.9 Å². The minimum atomic E-state index is -0.922. The number of aliphatic carboxylic acids is 2. The number of nitrogens with zero attached hydrogens (tertiary/aromatic N) is 4. The molecule has 1 aliphatic rings. The molecule has 0 spiro atoms. The summed E-state index contributed by atoms with van der Waals surface area (Å²) < 4.78 is 0. The van der Waals surface area contributed by atoms with Gasteiger partial charge in [-0.05, 0) is 12.1 Å². The molecule has 2 heterocycles. The molecule has 28 heavy (non-hydrogen) atoms. The van der Waals surface area contributed by atoms with Gasteiger partial charge in [0.1, 0.15) is 0 Å². The Bertz CT molecular complexity index is 653. The van der Waals surface area contributed by atoms with Gasteiger partial charge in [0.15, 0.2) is 0 Å². The fraction of sp³-hybridized carbons (Fsp3) is 0.556. The molecule has 0 unspecified atom stereocenters. The summed E-state index contributed by atoms with van der Waals surface area (Å²) in [6, 6.07) is 5.50. The molecule has 3 N–H and O–H groups in total. The summed E-state index contributed by atoms with van der Waals surface area (Å²) in [7, 11) is 1.56. The number of carboxylic acid groups (broad SMARTS) is 2. The number of carbonyl (C=O) groups excluding carboxylic acids is 1. The second kappa shape index (κ2) is 10.7. The number of aromatic nitrogens is 1. The number of amides is 1. The molecule has 0 radical (unpaired) electrons. The number of carbonyl (C=O) groups is 3. The van der Waals surface area contributed by atoms with Crippen LogP contribution in [0.25, 0.3) is 0 Å². The molecule has 0 saturated heterocycles. The Balaban J connectivity index is 2.24. The van der Waals surface area contributed by atoms with Crippen LogP contribution in [0.4, 0.5) is 0 Å². The van der Waals surface area contributed by atoms with Gasteiger partial charge in [-0.1, -0.05) is 6.07 Å². The summed E-state index contributed by atoms with van der Waals surface area (Å²) in [5, 5.41) is 21.0. The van der Waals surface area contributed by atoms with E-state index in [4.69, 9.17) is 0 Å². The van der Waals surface area contributed by atoms with Crippen molar-refractivity contribution in [1.82, 2.24) is 25.0 Å². The third-order valence-corrected chi connectivity index (χ3v) is 4.46. The monoisotopic (exact) mass is 393 g/mol. The van der Waals surface area contributed by atoms with Crippen molar-refractivity contribution in [3.63, 3.8) is 0 Å². The van der Waals surface area contributed by atoms with Crippen molar-refractivity contribution < 1.29 is 24.6 Å². The smallest absolute Gasteiger partial charge is 0.317 e. The third kappa shape index (κ3) is 7.59. The molecule has 1 aliphatic heterocycles. The van der Waals surface area contributed by atoms with E-state index >= 15 is 0 Å². The van der Waals surface area contributed by atoms with E-state index in [0.717, 1.165) is 11.4 Å². The minimum absolute atomic E-state index is 0.120. The first kappa shape index (κ1) is 21.7. The Kier molecular flexibility index (Phi) is 8.30. The molecule has 154 valence electrons. The van der Waals surface area contributed by atoms with Crippen LogP contribution in [0.5, 0.6) is 0 Å². The highest BCUT2D eigenvalue weighted by atomic mass is 16.4. The highest BCUT2D eigenvalue weighted by Gasteiger charge is 2.19. The van der Waals surface area contributed by atoms with Crippen LogP contribution in [0.15, 0.2) is 18.2 Å². The van der Waals surface area contributed by atoms with Gasteiger partial charge in [-0.15, -0.1) is 0 Å². The van der Waals surface area contributed by atoms with Crippen LogP contribution in [-0.4, -0.2) is 101 Å². The molecule has 2 rings (SSSR count). The van der Waals surface area contributed by atoms with Gasteiger partial charge in [-0.3, -0.25) is 34.1 Å². The van der Waals surface area contributed by atoms with Crippen LogP contribution < -0.4 is 5.32 Å². The molecule has 0 aromatic carbocycles. The molecule has 0 aliphatic carbocycles. The summed E-state index contributed by atoms with van der Waals surface area (Å²) in [5.41, 5.74) is 1.46. The number of hydrogen-bond acceptors (Lipinski definition) is 7. The maximum Gasteiger partial charge on any atom is 0.317 e. The molecule has 0 fully saturated rings. The largest absolute Gasteiger partial charge is 0.480 e. The Morgan fingerprint density at radius 1 is 0.893 bits per heavy atom. The highest BCUT2D eigenvalue weighted by Crippen LogP contribution is 2.09. The van der Waals surface area contributed by atoms with Crippen LogP contribution in [0.3, 0.4) is 0 Å². The second-order valence-corrected chi connectivity index (χ2v) is 6.78. The fourth-order valence-electron chi connectivity index (χ4n) is 3.09. The predicted molar refractivity (Wildman–Crippen MR) is 101 cm³/mol. The fourth-order valence-corrected chi connectivity index (χ4v) is 3.09. The molecule has 10 heteroatoms. The van der Waals surface area contributed by atoms with Gasteiger partial charge in [0.25, 0.3) is 0 Å². The zero-order valence-electron chi connectivity index (χ0n) is 16.0. The Labute approximate surface area is 163 Å². The van der Waals surface area contributed by atoms with E-state index in [-0.39, 0.29) is 25.5 Å². The van der Waals surface area contributed by atoms with E-state index < -0.39 is 11.9 Å². The zero-order valence-corrected chi connectivity index (χ0v) is 16.0. The highest BCUT2D eigenvalue weighted by molar-refractivity contribution is 5.77. The first-order chi connectivity index (χ1) is 13.4. The van der Waals surface area contributed by atoms with Gasteiger partial charge in [-0.25, -0.2) is 0 Å². The quantitative estimate of drug-likeness (QED) is 0.553. The van der Waals surface area contributed by atoms with E-state index in [9.17, 15) is 24.6 Å². The molecule has 1 aromatic heterocycles. The third-order valence-electron chi connectivity index (χ3n) is 4.46. The van der Waals surface area contributed by atoms with Crippen LogP contribution in [-0.2, 0) is 27.5 Å². The van der Waals surface area contributed by atoms with Crippen LogP contribution in [0.2, 0.25) is 0 Å². The van der Waals surface area contributed by atoms with Crippen LogP contribution in [0.1, 0.15) is 11.4 Å². The molecule has 1 amide bonds. The van der Waals surface area contributed by atoms with Gasteiger partial charge in [0.2, 0.25) is 5.91 Å². The molecule has 0 saturated carbocycles. The Hall–Kier alpha value is -2.56. The van der Waals surface area contributed by atoms with E-state index in [1.165, 1.54) is 0 Å². The minimum Gasteiger partial charge on any atom is -0.480 e. The molecule has 2 bridgehead atoms. The molecular formula is C18H27N5O5. The lowest BCUT2D eigenvalue weighted by Crippen LogP contribution is -2.45. The average Bonchev–Trinajstić information content (AvgIpc) is 2.62. The topological polar surface area (TPSA) is 126 Å². The molecule has 1 aromatic rings. The van der Waals surface area contributed by atoms with E-state index in [1.54, 1.807) is 16.8 Å². The van der Waals surface area contributed by atoms with Gasteiger partial charge < -0.3 is 15.5 Å². The summed E-state index contributed by atoms with van der Waals surface area (Å²) in [5.74, 6) is -1.99. The lowest BCUT2D eigenvalue weighted by molar-refractivity contribution is -0.139. The number of pyridine rings is 1. The standard InChI is InChI=1S/C18H27N5O5/c1-19-16(24)11-21-5-7-22(12-17(25)26)9-14-3-2-4-15(20-14)10-23(8-6-21)13-18(27)28/h2-4H,5-13H2,1H3,(H,19,24)(H,25,26)(H,27,28). The van der Waals surface area contributed by atoms with Crippen molar-refractivity contribution in [2.45, 2.75) is 13.1 Å². The first-order valence-electron chi connectivity index (χ1n) is 9.11. The van der Waals surface area contributed by atoms with Crippen LogP contribution in [0, 0.1) is 0 Å². The Morgan fingerprint density at radius 2 is 1.36 bits per heavy atom. The van der Waals surface area contributed by atoms with Gasteiger partial charge >= 0.3 is 11.9 Å². The molecule has 0 atom stereocenters. The summed E-state index contributed by atoms with van der Waals surface area (Å²) >= 11 is 0. The van der Waals surface area contributed by atoms with Gasteiger partial charge in [-0.2, -0.15) is 0 Å². The van der Waals surface area contributed by atoms with Crippen LogP contribution >= 0.6 is 0 Å². The first-order valence-corrected chi connectivity index (χ1v) is 9.11. The maximum absolute atomic E-state index is 11.8. The predicted octanol–water partition coefficient (Wildman–Crippen LogP) is -1.08. The normalized spacial score (nSPS) is 17.3. The van der Waals surface area contributed by atoms with E-state index in [0.29, 0.717) is 39.3 Å². The number of carboxylic acids is 2. The van der Waals surface area contributed by atoms with E-state index in [1.807, 2.05) is 23.1 Å². The number of likely N-dealkylation sites (N-methyl/N-ethyl adjacent to an activating group) is 1. The van der Waals surface area contributed by atoms with Crippen molar-refractivity contribution in [1.29, 1.82) is 0 Å².